The molecule has 2 aliphatic heterocycles. The first-order valence-electron chi connectivity index (χ1n) is 11.2. The average molecular weight is 537 g/mol. The van der Waals surface area contributed by atoms with Crippen molar-refractivity contribution in [3.05, 3.63) is 52.5 Å². The topological polar surface area (TPSA) is 134 Å². The van der Waals surface area contributed by atoms with E-state index in [1.807, 2.05) is 0 Å². The number of imide groups is 1. The second-order valence-electron chi connectivity index (χ2n) is 8.11. The lowest BCUT2D eigenvalue weighted by atomic mass is 10.1. The number of hydrogen-bond acceptors (Lipinski definition) is 7. The molecule has 11 nitrogen and oxygen atoms in total. The molecule has 0 saturated carbocycles. The van der Waals surface area contributed by atoms with Gasteiger partial charge in [-0.05, 0) is 42.8 Å². The zero-order chi connectivity index (χ0) is 25.9. The minimum Gasteiger partial charge on any atom is -0.385 e. The molecule has 13 heteroatoms. The number of benzene rings is 2. The number of amides is 4. The van der Waals surface area contributed by atoms with Gasteiger partial charge in [-0.1, -0.05) is 11.6 Å². The van der Waals surface area contributed by atoms with Crippen molar-refractivity contribution in [1.29, 1.82) is 0 Å². The Bertz CT molecular complexity index is 1300. The van der Waals surface area contributed by atoms with Crippen LogP contribution in [-0.4, -0.2) is 82.0 Å². The first kappa shape index (κ1) is 26.0. The van der Waals surface area contributed by atoms with Crippen LogP contribution in [0, 0.1) is 0 Å². The molecule has 4 rings (SSSR count). The van der Waals surface area contributed by atoms with Crippen LogP contribution >= 0.6 is 11.6 Å². The minimum atomic E-state index is -3.79. The Kier molecular flexibility index (Phi) is 7.91. The van der Waals surface area contributed by atoms with Gasteiger partial charge in [-0.2, -0.15) is 4.31 Å². The number of anilines is 2. The Hall–Kier alpha value is -3.03. The lowest BCUT2D eigenvalue weighted by Crippen LogP contribution is -2.40. The second-order valence-corrected chi connectivity index (χ2v) is 10.5. The Labute approximate surface area is 213 Å². The Morgan fingerprint density at radius 1 is 1.06 bits per heavy atom. The molecular weight excluding hydrogens is 512 g/mol. The first-order valence-corrected chi connectivity index (χ1v) is 13.0. The number of urea groups is 1. The van der Waals surface area contributed by atoms with Crippen molar-refractivity contribution in [1.82, 2.24) is 9.21 Å². The van der Waals surface area contributed by atoms with Crippen LogP contribution in [0.3, 0.4) is 0 Å². The molecule has 36 heavy (non-hydrogen) atoms. The summed E-state index contributed by atoms with van der Waals surface area (Å²) in [5.74, 6) is -0.841. The van der Waals surface area contributed by atoms with Crippen LogP contribution in [0.2, 0.25) is 5.02 Å². The van der Waals surface area contributed by atoms with Crippen LogP contribution in [-0.2, 0) is 19.5 Å². The van der Waals surface area contributed by atoms with Crippen LogP contribution in [0.1, 0.15) is 27.1 Å². The molecule has 0 spiro atoms. The summed E-state index contributed by atoms with van der Waals surface area (Å²) in [6, 6.07) is 7.75. The summed E-state index contributed by atoms with van der Waals surface area (Å²) in [4.78, 5) is 39.0. The van der Waals surface area contributed by atoms with E-state index < -0.39 is 27.9 Å². The van der Waals surface area contributed by atoms with Crippen molar-refractivity contribution < 1.29 is 32.3 Å². The summed E-state index contributed by atoms with van der Waals surface area (Å²) in [5, 5.41) is 5.27. The second kappa shape index (κ2) is 10.9. The fraction of sp³-hybridized carbons (Fsp3) is 0.348. The molecule has 0 aliphatic carbocycles. The molecule has 2 aromatic rings. The van der Waals surface area contributed by atoms with Gasteiger partial charge in [0.25, 0.3) is 11.8 Å². The summed E-state index contributed by atoms with van der Waals surface area (Å²) in [6.07, 6.45) is 0.510. The number of hydrogen-bond donors (Lipinski definition) is 2. The van der Waals surface area contributed by atoms with Gasteiger partial charge in [0.1, 0.15) is 0 Å². The van der Waals surface area contributed by atoms with E-state index in [0.717, 1.165) is 4.90 Å². The highest BCUT2D eigenvalue weighted by atomic mass is 35.5. The quantitative estimate of drug-likeness (QED) is 0.391. The Morgan fingerprint density at radius 2 is 1.78 bits per heavy atom. The summed E-state index contributed by atoms with van der Waals surface area (Å²) in [7, 11) is -2.25. The molecule has 2 N–H and O–H groups in total. The number of nitrogens with one attached hydrogen (secondary N) is 2. The summed E-state index contributed by atoms with van der Waals surface area (Å²) in [5.41, 5.74) is 0.818. The molecule has 0 radical (unpaired) electrons. The number of rotatable bonds is 8. The van der Waals surface area contributed by atoms with E-state index in [1.165, 1.54) is 47.8 Å². The first-order chi connectivity index (χ1) is 17.2. The SMILES string of the molecule is COCCCN1C(=O)c2ccc(NC(=O)Nc3cc(S(=O)(=O)N4CCOCC4)ccc3Cl)cc2C1=O. The molecule has 2 aliphatic rings. The molecule has 0 unspecified atom stereocenters. The lowest BCUT2D eigenvalue weighted by Gasteiger charge is -2.26. The Balaban J connectivity index is 1.46. The van der Waals surface area contributed by atoms with Crippen molar-refractivity contribution in [3.8, 4) is 0 Å². The smallest absolute Gasteiger partial charge is 0.323 e. The van der Waals surface area contributed by atoms with Gasteiger partial charge in [-0.15, -0.1) is 0 Å². The van der Waals surface area contributed by atoms with Crippen LogP contribution in [0.5, 0.6) is 0 Å². The number of sulfonamides is 1. The van der Waals surface area contributed by atoms with Crippen LogP contribution in [0.4, 0.5) is 16.2 Å². The molecule has 1 fully saturated rings. The van der Waals surface area contributed by atoms with Crippen molar-refractivity contribution >= 4 is 50.8 Å². The van der Waals surface area contributed by atoms with Gasteiger partial charge in [0.2, 0.25) is 10.0 Å². The third-order valence-electron chi connectivity index (χ3n) is 5.75. The molecule has 192 valence electrons. The number of ether oxygens (including phenoxy) is 2. The highest BCUT2D eigenvalue weighted by Crippen LogP contribution is 2.29. The molecule has 4 amide bonds. The minimum absolute atomic E-state index is 0.0145. The fourth-order valence-electron chi connectivity index (χ4n) is 3.92. The van der Waals surface area contributed by atoms with E-state index in [0.29, 0.717) is 26.2 Å². The van der Waals surface area contributed by atoms with Gasteiger partial charge in [0, 0.05) is 39.0 Å². The van der Waals surface area contributed by atoms with Crippen molar-refractivity contribution in [2.24, 2.45) is 0 Å². The number of halogens is 1. The number of methoxy groups -OCH3 is 1. The van der Waals surface area contributed by atoms with E-state index in [1.54, 1.807) is 0 Å². The van der Waals surface area contributed by atoms with Gasteiger partial charge < -0.3 is 20.1 Å². The zero-order valence-electron chi connectivity index (χ0n) is 19.5. The molecule has 0 atom stereocenters. The maximum Gasteiger partial charge on any atom is 0.323 e. The third kappa shape index (κ3) is 5.37. The van der Waals surface area contributed by atoms with Crippen LogP contribution in [0.15, 0.2) is 41.3 Å². The molecule has 2 heterocycles. The fourth-order valence-corrected chi connectivity index (χ4v) is 5.52. The highest BCUT2D eigenvalue weighted by Gasteiger charge is 2.35. The summed E-state index contributed by atoms with van der Waals surface area (Å²) < 4.78 is 37.4. The highest BCUT2D eigenvalue weighted by molar-refractivity contribution is 7.89. The van der Waals surface area contributed by atoms with Gasteiger partial charge >= 0.3 is 6.03 Å². The monoisotopic (exact) mass is 536 g/mol. The largest absolute Gasteiger partial charge is 0.385 e. The van der Waals surface area contributed by atoms with Crippen LogP contribution in [0.25, 0.3) is 0 Å². The van der Waals surface area contributed by atoms with E-state index in [9.17, 15) is 22.8 Å². The number of carbonyl (C=O) groups excluding carboxylic acids is 3. The van der Waals surface area contributed by atoms with E-state index >= 15 is 0 Å². The van der Waals surface area contributed by atoms with Gasteiger partial charge in [-0.25, -0.2) is 13.2 Å². The predicted molar refractivity (Wildman–Crippen MR) is 132 cm³/mol. The van der Waals surface area contributed by atoms with Crippen molar-refractivity contribution in [3.63, 3.8) is 0 Å². The predicted octanol–water partition coefficient (Wildman–Crippen LogP) is 2.64. The molecular formula is C23H25ClN4O7S. The number of morpholine rings is 1. The van der Waals surface area contributed by atoms with Gasteiger partial charge in [0.15, 0.2) is 0 Å². The maximum absolute atomic E-state index is 12.9. The van der Waals surface area contributed by atoms with Crippen LogP contribution < -0.4 is 10.6 Å². The van der Waals surface area contributed by atoms with Gasteiger partial charge in [-0.3, -0.25) is 14.5 Å². The third-order valence-corrected chi connectivity index (χ3v) is 7.98. The average Bonchev–Trinajstić information content (AvgIpc) is 3.10. The molecule has 2 aromatic carbocycles. The number of fused-ring (bicyclic) bond motifs is 1. The lowest BCUT2D eigenvalue weighted by molar-refractivity contribution is 0.0638. The standard InChI is InChI=1S/C23H25ClN4O7S/c1-34-10-2-7-28-21(29)17-5-3-15(13-18(17)22(28)30)25-23(31)26-20-14-16(4-6-19(20)24)36(32,33)27-8-11-35-12-9-27/h3-6,13-14H,2,7-12H2,1H3,(H2,25,26,31). The summed E-state index contributed by atoms with van der Waals surface area (Å²) >= 11 is 6.19. The zero-order valence-corrected chi connectivity index (χ0v) is 21.0. The number of carbonyl (C=O) groups is 3. The summed E-state index contributed by atoms with van der Waals surface area (Å²) in [6.45, 7) is 1.72. The maximum atomic E-state index is 12.9. The van der Waals surface area contributed by atoms with Crippen molar-refractivity contribution in [2.75, 3.05) is 57.2 Å². The molecule has 0 bridgehead atoms. The Morgan fingerprint density at radius 3 is 2.50 bits per heavy atom. The molecule has 1 saturated heterocycles. The van der Waals surface area contributed by atoms with Gasteiger partial charge in [0.05, 0.1) is 39.9 Å². The normalized spacial score (nSPS) is 16.2. The van der Waals surface area contributed by atoms with E-state index in [4.69, 9.17) is 21.1 Å². The van der Waals surface area contributed by atoms with E-state index in [2.05, 4.69) is 10.6 Å². The number of nitrogens with zero attached hydrogens (tertiary/aromatic N) is 2. The molecule has 0 aromatic heterocycles. The van der Waals surface area contributed by atoms with E-state index in [-0.39, 0.29) is 52.1 Å². The van der Waals surface area contributed by atoms with Crippen molar-refractivity contribution in [2.45, 2.75) is 11.3 Å².